The minimum atomic E-state index is 0.141. The number of phenols is 1. The molecule has 6 nitrogen and oxygen atoms in total. The highest BCUT2D eigenvalue weighted by Gasteiger charge is 2.03. The van der Waals surface area contributed by atoms with Crippen LogP contribution in [0.3, 0.4) is 0 Å². The molecule has 1 aromatic carbocycles. The van der Waals surface area contributed by atoms with Crippen LogP contribution < -0.4 is 10.1 Å². The summed E-state index contributed by atoms with van der Waals surface area (Å²) in [5, 5.41) is 17.4. The van der Waals surface area contributed by atoms with Crippen molar-refractivity contribution < 1.29 is 14.6 Å². The topological polar surface area (TPSA) is 68.5 Å². The van der Waals surface area contributed by atoms with Gasteiger partial charge in [-0.2, -0.15) is 5.10 Å². The molecule has 0 fully saturated rings. The first-order chi connectivity index (χ1) is 10.2. The Bertz CT molecular complexity index is 569. The molecule has 0 radical (unpaired) electrons. The molecule has 0 aliphatic rings. The van der Waals surface area contributed by atoms with E-state index in [9.17, 15) is 5.11 Å². The minimum Gasteiger partial charge on any atom is -0.504 e. The number of benzene rings is 1. The molecule has 0 amide bonds. The quantitative estimate of drug-likeness (QED) is 0.730. The van der Waals surface area contributed by atoms with Crippen LogP contribution in [0.1, 0.15) is 12.0 Å². The summed E-state index contributed by atoms with van der Waals surface area (Å²) in [6, 6.07) is 7.26. The average Bonchev–Trinajstić information content (AvgIpc) is 2.93. The number of hydrogen-bond acceptors (Lipinski definition) is 5. The van der Waals surface area contributed by atoms with Gasteiger partial charge in [0.05, 0.1) is 7.11 Å². The lowest BCUT2D eigenvalue weighted by Gasteiger charge is -2.07. The summed E-state index contributed by atoms with van der Waals surface area (Å²) in [6.07, 6.45) is 2.87. The Morgan fingerprint density at radius 2 is 2.14 bits per heavy atom. The molecule has 1 aromatic heterocycles. The molecule has 2 rings (SSSR count). The molecule has 0 spiro atoms. The molecule has 1 heterocycles. The fraction of sp³-hybridized carbons (Fsp3) is 0.400. The van der Waals surface area contributed by atoms with Gasteiger partial charge in [-0.3, -0.25) is 4.68 Å². The zero-order valence-electron chi connectivity index (χ0n) is 12.4. The first-order valence-corrected chi connectivity index (χ1v) is 6.85. The molecule has 6 heteroatoms. The SMILES string of the molecule is COCCCn1ccc(NCc2ccc(OC)c(O)c2)n1. The fourth-order valence-electron chi connectivity index (χ4n) is 1.99. The molecular formula is C15H21N3O3. The molecular weight excluding hydrogens is 270 g/mol. The van der Waals surface area contributed by atoms with Crippen LogP contribution >= 0.6 is 0 Å². The van der Waals surface area contributed by atoms with Crippen molar-refractivity contribution in [1.82, 2.24) is 9.78 Å². The van der Waals surface area contributed by atoms with Gasteiger partial charge in [0.1, 0.15) is 5.82 Å². The highest BCUT2D eigenvalue weighted by Crippen LogP contribution is 2.26. The summed E-state index contributed by atoms with van der Waals surface area (Å²) < 4.78 is 11.9. The van der Waals surface area contributed by atoms with Gasteiger partial charge in [0.25, 0.3) is 0 Å². The molecule has 0 aliphatic carbocycles. The van der Waals surface area contributed by atoms with Gasteiger partial charge < -0.3 is 19.9 Å². The van der Waals surface area contributed by atoms with Gasteiger partial charge in [-0.1, -0.05) is 6.07 Å². The molecule has 2 N–H and O–H groups in total. The molecule has 0 saturated heterocycles. The van der Waals surface area contributed by atoms with Crippen molar-refractivity contribution in [1.29, 1.82) is 0 Å². The van der Waals surface area contributed by atoms with Crippen molar-refractivity contribution in [3.8, 4) is 11.5 Å². The van der Waals surface area contributed by atoms with E-state index in [1.807, 2.05) is 23.0 Å². The number of aryl methyl sites for hydroxylation is 1. The molecule has 0 aliphatic heterocycles. The molecule has 0 unspecified atom stereocenters. The Morgan fingerprint density at radius 1 is 1.29 bits per heavy atom. The lowest BCUT2D eigenvalue weighted by Crippen LogP contribution is -2.04. The number of hydrogen-bond donors (Lipinski definition) is 2. The second-order valence-electron chi connectivity index (χ2n) is 4.67. The van der Waals surface area contributed by atoms with Crippen molar-refractivity contribution in [3.05, 3.63) is 36.0 Å². The fourth-order valence-corrected chi connectivity index (χ4v) is 1.99. The van der Waals surface area contributed by atoms with Crippen LogP contribution in [0.5, 0.6) is 11.5 Å². The van der Waals surface area contributed by atoms with E-state index in [-0.39, 0.29) is 5.75 Å². The van der Waals surface area contributed by atoms with Crippen LogP contribution in [0.4, 0.5) is 5.82 Å². The van der Waals surface area contributed by atoms with E-state index in [1.165, 1.54) is 7.11 Å². The zero-order valence-corrected chi connectivity index (χ0v) is 12.4. The summed E-state index contributed by atoms with van der Waals surface area (Å²) in [5.41, 5.74) is 0.960. The number of nitrogens with one attached hydrogen (secondary N) is 1. The largest absolute Gasteiger partial charge is 0.504 e. The number of aromatic nitrogens is 2. The Balaban J connectivity index is 1.86. The summed E-state index contributed by atoms with van der Waals surface area (Å²) in [5.74, 6) is 1.42. The first kappa shape index (κ1) is 15.2. The molecule has 21 heavy (non-hydrogen) atoms. The Kier molecular flexibility index (Phi) is 5.45. The predicted molar refractivity (Wildman–Crippen MR) is 80.7 cm³/mol. The molecule has 2 aromatic rings. The summed E-state index contributed by atoms with van der Waals surface area (Å²) >= 11 is 0. The van der Waals surface area contributed by atoms with Crippen molar-refractivity contribution in [3.63, 3.8) is 0 Å². The predicted octanol–water partition coefficient (Wildman–Crippen LogP) is 2.25. The second kappa shape index (κ2) is 7.54. The van der Waals surface area contributed by atoms with E-state index in [0.29, 0.717) is 12.3 Å². The number of phenolic OH excluding ortho intramolecular Hbond substituents is 1. The number of aromatic hydroxyl groups is 1. The van der Waals surface area contributed by atoms with E-state index in [2.05, 4.69) is 10.4 Å². The van der Waals surface area contributed by atoms with E-state index in [1.54, 1.807) is 19.2 Å². The third-order valence-corrected chi connectivity index (χ3v) is 3.09. The zero-order chi connectivity index (χ0) is 15.1. The normalized spacial score (nSPS) is 10.6. The van der Waals surface area contributed by atoms with Gasteiger partial charge in [-0.05, 0) is 24.1 Å². The van der Waals surface area contributed by atoms with Crippen molar-refractivity contribution >= 4 is 5.82 Å². The van der Waals surface area contributed by atoms with E-state index >= 15 is 0 Å². The second-order valence-corrected chi connectivity index (χ2v) is 4.67. The van der Waals surface area contributed by atoms with Crippen molar-refractivity contribution in [2.24, 2.45) is 0 Å². The number of anilines is 1. The van der Waals surface area contributed by atoms with Crippen LogP contribution in [0.15, 0.2) is 30.5 Å². The van der Waals surface area contributed by atoms with Gasteiger partial charge in [0.2, 0.25) is 0 Å². The van der Waals surface area contributed by atoms with Crippen molar-refractivity contribution in [2.75, 3.05) is 26.1 Å². The Hall–Kier alpha value is -2.21. The first-order valence-electron chi connectivity index (χ1n) is 6.85. The van der Waals surface area contributed by atoms with Gasteiger partial charge >= 0.3 is 0 Å². The summed E-state index contributed by atoms with van der Waals surface area (Å²) in [4.78, 5) is 0. The Labute approximate surface area is 124 Å². The highest BCUT2D eigenvalue weighted by molar-refractivity contribution is 5.43. The van der Waals surface area contributed by atoms with E-state index in [4.69, 9.17) is 9.47 Å². The maximum atomic E-state index is 9.73. The number of rotatable bonds is 8. The third kappa shape index (κ3) is 4.39. The standard InChI is InChI=1S/C15H21N3O3/c1-20-9-3-7-18-8-6-15(17-18)16-11-12-4-5-14(21-2)13(19)10-12/h4-6,8,10,19H,3,7,9,11H2,1-2H3,(H,16,17). The van der Waals surface area contributed by atoms with Crippen LogP contribution in [0, 0.1) is 0 Å². The number of ether oxygens (including phenoxy) is 2. The smallest absolute Gasteiger partial charge is 0.160 e. The number of methoxy groups -OCH3 is 2. The van der Waals surface area contributed by atoms with Crippen LogP contribution in [-0.2, 0) is 17.8 Å². The maximum Gasteiger partial charge on any atom is 0.160 e. The van der Waals surface area contributed by atoms with Gasteiger partial charge in [-0.15, -0.1) is 0 Å². The van der Waals surface area contributed by atoms with Gasteiger partial charge in [-0.25, -0.2) is 0 Å². The molecule has 0 bridgehead atoms. The Morgan fingerprint density at radius 3 is 2.86 bits per heavy atom. The maximum absolute atomic E-state index is 9.73. The third-order valence-electron chi connectivity index (χ3n) is 3.09. The lowest BCUT2D eigenvalue weighted by molar-refractivity contribution is 0.189. The monoisotopic (exact) mass is 291 g/mol. The van der Waals surface area contributed by atoms with Crippen LogP contribution in [-0.4, -0.2) is 35.7 Å². The number of nitrogens with zero attached hydrogens (tertiary/aromatic N) is 2. The highest BCUT2D eigenvalue weighted by atomic mass is 16.5. The molecule has 0 atom stereocenters. The minimum absolute atomic E-state index is 0.141. The summed E-state index contributed by atoms with van der Waals surface area (Å²) in [6.45, 7) is 2.15. The van der Waals surface area contributed by atoms with Crippen LogP contribution in [0.25, 0.3) is 0 Å². The molecule has 114 valence electrons. The molecule has 0 saturated carbocycles. The van der Waals surface area contributed by atoms with E-state index in [0.717, 1.165) is 31.0 Å². The lowest BCUT2D eigenvalue weighted by atomic mass is 10.2. The van der Waals surface area contributed by atoms with Gasteiger partial charge in [0.15, 0.2) is 11.5 Å². The van der Waals surface area contributed by atoms with Gasteiger partial charge in [0, 0.05) is 39.1 Å². The van der Waals surface area contributed by atoms with Crippen LogP contribution in [0.2, 0.25) is 0 Å². The van der Waals surface area contributed by atoms with E-state index < -0.39 is 0 Å². The van der Waals surface area contributed by atoms with Crippen molar-refractivity contribution in [2.45, 2.75) is 19.5 Å². The average molecular weight is 291 g/mol. The summed E-state index contributed by atoms with van der Waals surface area (Å²) in [7, 11) is 3.23.